The second-order valence-electron chi connectivity index (χ2n) is 4.56. The first-order valence-electron chi connectivity index (χ1n) is 6.61. The third-order valence-electron chi connectivity index (χ3n) is 3.08. The molecule has 0 spiro atoms. The van der Waals surface area contributed by atoms with Crippen molar-refractivity contribution in [1.29, 1.82) is 0 Å². The Morgan fingerprint density at radius 2 is 1.57 bits per heavy atom. The van der Waals surface area contributed by atoms with Gasteiger partial charge in [0.05, 0.1) is 6.16 Å². The fourth-order valence-electron chi connectivity index (χ4n) is 1.90. The second-order valence-corrected chi connectivity index (χ2v) is 6.82. The van der Waals surface area contributed by atoms with Crippen LogP contribution in [0.15, 0.2) is 54.6 Å². The zero-order valence-electron chi connectivity index (χ0n) is 12.2. The monoisotopic (exact) mass is 306 g/mol. The SMILES string of the molecule is COP(=O)(Cc1cccc(OCc2ccccc2)c1)OC. The van der Waals surface area contributed by atoms with Gasteiger partial charge in [0.1, 0.15) is 12.4 Å². The summed E-state index contributed by atoms with van der Waals surface area (Å²) >= 11 is 0. The quantitative estimate of drug-likeness (QED) is 0.717. The topological polar surface area (TPSA) is 44.8 Å². The minimum Gasteiger partial charge on any atom is -0.489 e. The van der Waals surface area contributed by atoms with E-state index in [4.69, 9.17) is 13.8 Å². The number of hydrogen-bond acceptors (Lipinski definition) is 4. The average molecular weight is 306 g/mol. The third-order valence-corrected chi connectivity index (χ3v) is 4.94. The van der Waals surface area contributed by atoms with E-state index in [1.54, 1.807) is 0 Å². The predicted molar refractivity (Wildman–Crippen MR) is 82.5 cm³/mol. The Labute approximate surface area is 125 Å². The molecule has 0 aliphatic carbocycles. The molecule has 2 aromatic carbocycles. The molecule has 0 radical (unpaired) electrons. The molecule has 2 rings (SSSR count). The van der Waals surface area contributed by atoms with Gasteiger partial charge in [-0.2, -0.15) is 0 Å². The van der Waals surface area contributed by atoms with Gasteiger partial charge in [-0.05, 0) is 23.3 Å². The van der Waals surface area contributed by atoms with Gasteiger partial charge in [0, 0.05) is 14.2 Å². The van der Waals surface area contributed by atoms with Gasteiger partial charge in [-0.1, -0.05) is 42.5 Å². The lowest BCUT2D eigenvalue weighted by molar-refractivity contribution is 0.274. The van der Waals surface area contributed by atoms with Crippen LogP contribution >= 0.6 is 7.60 Å². The lowest BCUT2D eigenvalue weighted by atomic mass is 10.2. The van der Waals surface area contributed by atoms with Gasteiger partial charge >= 0.3 is 7.60 Å². The van der Waals surface area contributed by atoms with Crippen molar-refractivity contribution in [3.05, 3.63) is 65.7 Å². The predicted octanol–water partition coefficient (Wildman–Crippen LogP) is 4.25. The van der Waals surface area contributed by atoms with Crippen LogP contribution in [0, 0.1) is 0 Å². The van der Waals surface area contributed by atoms with Gasteiger partial charge in [-0.25, -0.2) is 0 Å². The van der Waals surface area contributed by atoms with Gasteiger partial charge in [0.15, 0.2) is 0 Å². The second kappa shape index (κ2) is 7.41. The van der Waals surface area contributed by atoms with E-state index in [1.807, 2.05) is 54.6 Å². The van der Waals surface area contributed by atoms with Gasteiger partial charge in [0.25, 0.3) is 0 Å². The molecule has 0 saturated heterocycles. The fourth-order valence-corrected chi connectivity index (χ4v) is 2.95. The van der Waals surface area contributed by atoms with E-state index in [1.165, 1.54) is 14.2 Å². The summed E-state index contributed by atoms with van der Waals surface area (Å²) < 4.78 is 27.8. The molecule has 0 atom stereocenters. The molecule has 0 N–H and O–H groups in total. The van der Waals surface area contributed by atoms with Crippen LogP contribution in [-0.4, -0.2) is 14.2 Å². The average Bonchev–Trinajstić information content (AvgIpc) is 2.54. The Bertz CT molecular complexity index is 605. The van der Waals surface area contributed by atoms with Crippen molar-refractivity contribution < 1.29 is 18.3 Å². The van der Waals surface area contributed by atoms with E-state index in [2.05, 4.69) is 0 Å². The minimum atomic E-state index is -3.06. The summed E-state index contributed by atoms with van der Waals surface area (Å²) in [5, 5.41) is 0. The highest BCUT2D eigenvalue weighted by Gasteiger charge is 2.21. The van der Waals surface area contributed by atoms with Gasteiger partial charge in [-0.3, -0.25) is 4.57 Å². The van der Waals surface area contributed by atoms with Crippen LogP contribution in [0.4, 0.5) is 0 Å². The Balaban J connectivity index is 2.02. The zero-order chi connectivity index (χ0) is 15.1. The highest BCUT2D eigenvalue weighted by atomic mass is 31.2. The number of ether oxygens (including phenoxy) is 1. The number of hydrogen-bond donors (Lipinski definition) is 0. The van der Waals surface area contributed by atoms with Gasteiger partial charge < -0.3 is 13.8 Å². The van der Waals surface area contributed by atoms with Crippen molar-refractivity contribution in [3.63, 3.8) is 0 Å². The Morgan fingerprint density at radius 3 is 2.24 bits per heavy atom. The lowest BCUT2D eigenvalue weighted by Crippen LogP contribution is -1.97. The molecule has 0 aromatic heterocycles. The van der Waals surface area contributed by atoms with E-state index in [0.717, 1.165) is 16.9 Å². The smallest absolute Gasteiger partial charge is 0.334 e. The van der Waals surface area contributed by atoms with Crippen molar-refractivity contribution in [2.24, 2.45) is 0 Å². The van der Waals surface area contributed by atoms with Crippen LogP contribution in [0.25, 0.3) is 0 Å². The maximum Gasteiger partial charge on any atom is 0.334 e. The van der Waals surface area contributed by atoms with Gasteiger partial charge in [0.2, 0.25) is 0 Å². The van der Waals surface area contributed by atoms with Crippen molar-refractivity contribution in [2.75, 3.05) is 14.2 Å². The molecule has 0 unspecified atom stereocenters. The van der Waals surface area contributed by atoms with Crippen LogP contribution in [0.3, 0.4) is 0 Å². The normalized spacial score (nSPS) is 11.3. The summed E-state index contributed by atoms with van der Waals surface area (Å²) in [6.07, 6.45) is 0.225. The molecule has 0 bridgehead atoms. The van der Waals surface area contributed by atoms with Crippen LogP contribution < -0.4 is 4.74 Å². The van der Waals surface area contributed by atoms with E-state index in [-0.39, 0.29) is 6.16 Å². The van der Waals surface area contributed by atoms with Gasteiger partial charge in [-0.15, -0.1) is 0 Å². The Hall–Kier alpha value is -1.61. The summed E-state index contributed by atoms with van der Waals surface area (Å²) in [5.74, 6) is 0.732. The number of rotatable bonds is 7. The summed E-state index contributed by atoms with van der Waals surface area (Å²) in [6.45, 7) is 0.497. The molecular weight excluding hydrogens is 287 g/mol. The highest BCUT2D eigenvalue weighted by molar-refractivity contribution is 7.52. The van der Waals surface area contributed by atoms with Crippen LogP contribution in [0.5, 0.6) is 5.75 Å². The maximum atomic E-state index is 12.1. The third kappa shape index (κ3) is 4.71. The molecule has 0 aliphatic rings. The highest BCUT2D eigenvalue weighted by Crippen LogP contribution is 2.49. The fraction of sp³-hybridized carbons (Fsp3) is 0.250. The number of benzene rings is 2. The van der Waals surface area contributed by atoms with E-state index >= 15 is 0 Å². The molecule has 2 aromatic rings. The molecule has 0 heterocycles. The molecule has 0 fully saturated rings. The minimum absolute atomic E-state index is 0.225. The first kappa shape index (κ1) is 15.8. The van der Waals surface area contributed by atoms with E-state index < -0.39 is 7.60 Å². The molecular formula is C16H19O4P. The Kier molecular flexibility index (Phi) is 5.57. The molecule has 112 valence electrons. The van der Waals surface area contributed by atoms with Crippen molar-refractivity contribution in [2.45, 2.75) is 12.8 Å². The standard InChI is InChI=1S/C16H19O4P/c1-18-21(17,19-2)13-15-9-6-10-16(11-15)20-12-14-7-4-3-5-8-14/h3-11H,12-13H2,1-2H3. The molecule has 21 heavy (non-hydrogen) atoms. The zero-order valence-corrected chi connectivity index (χ0v) is 13.1. The van der Waals surface area contributed by atoms with Crippen LogP contribution in [-0.2, 0) is 26.4 Å². The summed E-state index contributed by atoms with van der Waals surface area (Å²) in [7, 11) is -0.278. The first-order valence-corrected chi connectivity index (χ1v) is 8.34. The molecule has 0 aliphatic heterocycles. The molecule has 5 heteroatoms. The summed E-state index contributed by atoms with van der Waals surface area (Å²) in [6, 6.07) is 17.4. The largest absolute Gasteiger partial charge is 0.489 e. The summed E-state index contributed by atoms with van der Waals surface area (Å²) in [4.78, 5) is 0. The Morgan fingerprint density at radius 1 is 0.905 bits per heavy atom. The molecule has 0 saturated carbocycles. The maximum absolute atomic E-state index is 12.1. The summed E-state index contributed by atoms with van der Waals surface area (Å²) in [5.41, 5.74) is 1.95. The van der Waals surface area contributed by atoms with Crippen molar-refractivity contribution >= 4 is 7.60 Å². The lowest BCUT2D eigenvalue weighted by Gasteiger charge is -2.14. The van der Waals surface area contributed by atoms with Crippen LogP contribution in [0.1, 0.15) is 11.1 Å². The molecule has 0 amide bonds. The van der Waals surface area contributed by atoms with Crippen molar-refractivity contribution in [1.82, 2.24) is 0 Å². The van der Waals surface area contributed by atoms with E-state index in [9.17, 15) is 4.57 Å². The first-order chi connectivity index (χ1) is 10.1. The molecule has 4 nitrogen and oxygen atoms in total. The van der Waals surface area contributed by atoms with Crippen molar-refractivity contribution in [3.8, 4) is 5.75 Å². The van der Waals surface area contributed by atoms with Crippen LogP contribution in [0.2, 0.25) is 0 Å². The van der Waals surface area contributed by atoms with E-state index in [0.29, 0.717) is 6.61 Å².